The van der Waals surface area contributed by atoms with E-state index in [1.54, 1.807) is 6.92 Å². The Morgan fingerprint density at radius 3 is 2.31 bits per heavy atom. The predicted molar refractivity (Wildman–Crippen MR) is 65.5 cm³/mol. The molecule has 0 aliphatic rings. The molecule has 0 rings (SSSR count). The summed E-state index contributed by atoms with van der Waals surface area (Å²) in [6.45, 7) is 9.47. The lowest BCUT2D eigenvalue weighted by Crippen LogP contribution is -2.37. The number of carbonyl (C=O) groups is 1. The van der Waals surface area contributed by atoms with E-state index in [0.29, 0.717) is 6.42 Å². The highest BCUT2D eigenvalue weighted by molar-refractivity contribution is 5.86. The van der Waals surface area contributed by atoms with Crippen molar-refractivity contribution < 1.29 is 14.6 Å². The van der Waals surface area contributed by atoms with E-state index in [4.69, 9.17) is 4.74 Å². The van der Waals surface area contributed by atoms with Crippen LogP contribution in [0.1, 0.15) is 60.3 Å². The smallest absolute Gasteiger partial charge is 0.166 e. The van der Waals surface area contributed by atoms with Gasteiger partial charge in [-0.25, -0.2) is 0 Å². The van der Waals surface area contributed by atoms with Gasteiger partial charge in [-0.2, -0.15) is 0 Å². The fourth-order valence-corrected chi connectivity index (χ4v) is 1.65. The summed E-state index contributed by atoms with van der Waals surface area (Å²) in [6.07, 6.45) is 2.59. The molecule has 0 amide bonds. The van der Waals surface area contributed by atoms with Gasteiger partial charge in [0.15, 0.2) is 5.78 Å². The quantitative estimate of drug-likeness (QED) is 0.697. The van der Waals surface area contributed by atoms with Crippen molar-refractivity contribution in [2.75, 3.05) is 0 Å². The van der Waals surface area contributed by atoms with Crippen LogP contribution in [0.25, 0.3) is 0 Å². The molecule has 1 N–H and O–H groups in total. The van der Waals surface area contributed by atoms with Crippen molar-refractivity contribution in [2.45, 2.75) is 78.1 Å². The van der Waals surface area contributed by atoms with Gasteiger partial charge in [-0.3, -0.25) is 4.79 Å². The van der Waals surface area contributed by atoms with Crippen LogP contribution in [0.3, 0.4) is 0 Å². The van der Waals surface area contributed by atoms with Crippen LogP contribution in [-0.4, -0.2) is 28.7 Å². The van der Waals surface area contributed by atoms with Crippen molar-refractivity contribution in [3.63, 3.8) is 0 Å². The second-order valence-electron chi connectivity index (χ2n) is 4.82. The summed E-state index contributed by atoms with van der Waals surface area (Å²) < 4.78 is 5.61. The van der Waals surface area contributed by atoms with Gasteiger partial charge in [-0.05, 0) is 33.6 Å². The van der Waals surface area contributed by atoms with Crippen LogP contribution < -0.4 is 0 Å². The molecule has 3 heteroatoms. The Kier molecular flexibility index (Phi) is 6.84. The first-order valence-corrected chi connectivity index (χ1v) is 6.24. The largest absolute Gasteiger partial charge is 0.382 e. The first-order chi connectivity index (χ1) is 7.33. The van der Waals surface area contributed by atoms with E-state index < -0.39 is 5.60 Å². The Hall–Kier alpha value is -0.410. The molecule has 3 atom stereocenters. The predicted octanol–water partition coefficient (Wildman–Crippen LogP) is 2.70. The van der Waals surface area contributed by atoms with Crippen molar-refractivity contribution in [1.82, 2.24) is 0 Å². The first-order valence-electron chi connectivity index (χ1n) is 6.24. The number of ether oxygens (including phenoxy) is 1. The van der Waals surface area contributed by atoms with Gasteiger partial charge in [0.05, 0.1) is 12.2 Å². The Morgan fingerprint density at radius 1 is 1.31 bits per heavy atom. The fourth-order valence-electron chi connectivity index (χ4n) is 1.65. The lowest BCUT2D eigenvalue weighted by Gasteiger charge is -2.24. The maximum atomic E-state index is 11.8. The van der Waals surface area contributed by atoms with Crippen molar-refractivity contribution in [2.24, 2.45) is 0 Å². The van der Waals surface area contributed by atoms with Crippen LogP contribution in [-0.2, 0) is 9.53 Å². The van der Waals surface area contributed by atoms with E-state index in [0.717, 1.165) is 12.8 Å². The molecule has 0 aliphatic carbocycles. The molecule has 0 saturated carbocycles. The normalized spacial score (nSPS) is 18.9. The minimum atomic E-state index is -1.19. The topological polar surface area (TPSA) is 46.5 Å². The van der Waals surface area contributed by atoms with Gasteiger partial charge >= 0.3 is 0 Å². The molecule has 0 bridgehead atoms. The van der Waals surface area contributed by atoms with Crippen molar-refractivity contribution in [3.05, 3.63) is 0 Å². The van der Waals surface area contributed by atoms with E-state index in [2.05, 4.69) is 0 Å². The van der Waals surface area contributed by atoms with Crippen molar-refractivity contribution in [3.8, 4) is 0 Å². The Balaban J connectivity index is 4.13. The molecule has 0 saturated heterocycles. The zero-order valence-electron chi connectivity index (χ0n) is 11.2. The molecule has 0 aromatic rings. The summed E-state index contributed by atoms with van der Waals surface area (Å²) in [7, 11) is 0. The van der Waals surface area contributed by atoms with Crippen LogP contribution >= 0.6 is 0 Å². The molecule has 0 spiro atoms. The maximum absolute atomic E-state index is 11.8. The number of aliphatic hydroxyl groups is 1. The minimum absolute atomic E-state index is 0.120. The monoisotopic (exact) mass is 230 g/mol. The molecule has 0 aliphatic heterocycles. The summed E-state index contributed by atoms with van der Waals surface area (Å²) in [5.74, 6) is -0.120. The van der Waals surface area contributed by atoms with Gasteiger partial charge in [0.25, 0.3) is 0 Å². The summed E-state index contributed by atoms with van der Waals surface area (Å²) in [5.41, 5.74) is -1.19. The maximum Gasteiger partial charge on any atom is 0.166 e. The SMILES string of the molecule is CCCC(C)(O)C(=O)C[C@@H](C)OC(C)CC. The third-order valence-electron chi connectivity index (χ3n) is 2.85. The molecule has 96 valence electrons. The zero-order valence-corrected chi connectivity index (χ0v) is 11.2. The average molecular weight is 230 g/mol. The Labute approximate surface area is 99.2 Å². The highest BCUT2D eigenvalue weighted by Crippen LogP contribution is 2.17. The minimum Gasteiger partial charge on any atom is -0.382 e. The third kappa shape index (κ3) is 5.61. The molecule has 0 fully saturated rings. The highest BCUT2D eigenvalue weighted by Gasteiger charge is 2.30. The summed E-state index contributed by atoms with van der Waals surface area (Å²) in [5, 5.41) is 9.92. The van der Waals surface area contributed by atoms with Gasteiger partial charge in [-0.1, -0.05) is 20.3 Å². The van der Waals surface area contributed by atoms with Gasteiger partial charge in [-0.15, -0.1) is 0 Å². The van der Waals surface area contributed by atoms with Crippen LogP contribution in [0.4, 0.5) is 0 Å². The molecule has 2 unspecified atom stereocenters. The molecule has 0 aromatic carbocycles. The fraction of sp³-hybridized carbons (Fsp3) is 0.923. The van der Waals surface area contributed by atoms with Crippen LogP contribution in [0.2, 0.25) is 0 Å². The van der Waals surface area contributed by atoms with Crippen molar-refractivity contribution in [1.29, 1.82) is 0 Å². The van der Waals surface area contributed by atoms with Crippen LogP contribution in [0.5, 0.6) is 0 Å². The molecule has 0 heterocycles. The van der Waals surface area contributed by atoms with E-state index in [-0.39, 0.29) is 24.4 Å². The van der Waals surface area contributed by atoms with Gasteiger partial charge in [0.2, 0.25) is 0 Å². The molecule has 0 aromatic heterocycles. The lowest BCUT2D eigenvalue weighted by molar-refractivity contribution is -0.139. The number of carbonyl (C=O) groups excluding carboxylic acids is 1. The lowest BCUT2D eigenvalue weighted by atomic mass is 9.92. The van der Waals surface area contributed by atoms with Crippen LogP contribution in [0.15, 0.2) is 0 Å². The summed E-state index contributed by atoms with van der Waals surface area (Å²) >= 11 is 0. The number of hydrogen-bond donors (Lipinski definition) is 1. The van der Waals surface area contributed by atoms with E-state index in [1.165, 1.54) is 0 Å². The first kappa shape index (κ1) is 15.6. The highest BCUT2D eigenvalue weighted by atomic mass is 16.5. The molecule has 16 heavy (non-hydrogen) atoms. The molecular formula is C13H26O3. The number of Topliss-reactive ketones (excluding diaryl/α,β-unsaturated/α-hetero) is 1. The summed E-state index contributed by atoms with van der Waals surface area (Å²) in [4.78, 5) is 11.8. The Morgan fingerprint density at radius 2 is 1.88 bits per heavy atom. The van der Waals surface area contributed by atoms with E-state index in [1.807, 2.05) is 27.7 Å². The van der Waals surface area contributed by atoms with E-state index in [9.17, 15) is 9.90 Å². The van der Waals surface area contributed by atoms with Crippen LogP contribution in [0, 0.1) is 0 Å². The molecular weight excluding hydrogens is 204 g/mol. The number of rotatable bonds is 8. The van der Waals surface area contributed by atoms with Crippen molar-refractivity contribution >= 4 is 5.78 Å². The second kappa shape index (κ2) is 7.02. The summed E-state index contributed by atoms with van der Waals surface area (Å²) in [6, 6.07) is 0. The number of ketones is 1. The van der Waals surface area contributed by atoms with Gasteiger partial charge in [0.1, 0.15) is 5.60 Å². The van der Waals surface area contributed by atoms with E-state index >= 15 is 0 Å². The third-order valence-corrected chi connectivity index (χ3v) is 2.85. The van der Waals surface area contributed by atoms with Gasteiger partial charge < -0.3 is 9.84 Å². The molecule has 3 nitrogen and oxygen atoms in total. The van der Waals surface area contributed by atoms with Gasteiger partial charge in [0, 0.05) is 6.42 Å². The molecule has 0 radical (unpaired) electrons. The zero-order chi connectivity index (χ0) is 12.8. The average Bonchev–Trinajstić information content (AvgIpc) is 2.17. The standard InChI is InChI=1S/C13H26O3/c1-6-8-13(5,15)12(14)9-11(4)16-10(3)7-2/h10-11,15H,6-9H2,1-5H3/t10?,11-,13?/m1/s1. The number of hydrogen-bond acceptors (Lipinski definition) is 3. The second-order valence-corrected chi connectivity index (χ2v) is 4.82. The Bertz CT molecular complexity index is 211.